The molecule has 1 unspecified atom stereocenters. The molecule has 4 nitrogen and oxygen atoms in total. The summed E-state index contributed by atoms with van der Waals surface area (Å²) in [6, 6.07) is 0.356. The first-order valence-electron chi connectivity index (χ1n) is 8.86. The molecule has 2 fully saturated rings. The summed E-state index contributed by atoms with van der Waals surface area (Å²) in [5, 5.41) is 12.9. The summed E-state index contributed by atoms with van der Waals surface area (Å²) in [5.41, 5.74) is -0.223. The number of nitrogens with one attached hydrogen (secondary N) is 1. The second-order valence-electron chi connectivity index (χ2n) is 6.82. The van der Waals surface area contributed by atoms with Gasteiger partial charge in [-0.25, -0.2) is 0 Å². The van der Waals surface area contributed by atoms with Gasteiger partial charge in [-0.3, -0.25) is 4.79 Å². The van der Waals surface area contributed by atoms with Crippen molar-refractivity contribution >= 4 is 5.91 Å². The van der Waals surface area contributed by atoms with Gasteiger partial charge in [0.25, 0.3) is 0 Å². The highest BCUT2D eigenvalue weighted by molar-refractivity contribution is 5.83. The monoisotopic (exact) mass is 296 g/mol. The number of amides is 1. The molecule has 1 saturated heterocycles. The molecular weight excluding hydrogens is 264 g/mol. The number of hydrogen-bond acceptors (Lipinski definition) is 3. The van der Waals surface area contributed by atoms with Crippen LogP contribution in [-0.4, -0.2) is 48.2 Å². The lowest BCUT2D eigenvalue weighted by atomic mass is 9.75. The molecule has 1 saturated carbocycles. The Kier molecular flexibility index (Phi) is 6.49. The molecular formula is C17H32N2O2. The maximum atomic E-state index is 13.3. The Labute approximate surface area is 129 Å². The van der Waals surface area contributed by atoms with E-state index >= 15 is 0 Å². The van der Waals surface area contributed by atoms with Gasteiger partial charge in [-0.15, -0.1) is 0 Å². The van der Waals surface area contributed by atoms with Crippen LogP contribution in [0.1, 0.15) is 64.7 Å². The number of piperidine rings is 1. The second kappa shape index (κ2) is 8.14. The molecule has 2 N–H and O–H groups in total. The van der Waals surface area contributed by atoms with E-state index in [1.807, 2.05) is 4.90 Å². The maximum Gasteiger partial charge on any atom is 0.230 e. The Hall–Kier alpha value is -0.610. The fourth-order valence-corrected chi connectivity index (χ4v) is 4.20. The van der Waals surface area contributed by atoms with Gasteiger partial charge in [0.2, 0.25) is 5.91 Å². The zero-order chi connectivity index (χ0) is 15.1. The van der Waals surface area contributed by atoms with Crippen molar-refractivity contribution in [3.05, 3.63) is 0 Å². The predicted octanol–water partition coefficient (Wildman–Crippen LogP) is 2.31. The molecule has 1 amide bonds. The third-order valence-electron chi connectivity index (χ3n) is 5.27. The van der Waals surface area contributed by atoms with E-state index in [1.54, 1.807) is 0 Å². The number of hydrogen-bond donors (Lipinski definition) is 2. The summed E-state index contributed by atoms with van der Waals surface area (Å²) in [6.07, 6.45) is 10.1. The van der Waals surface area contributed by atoms with Crippen LogP contribution in [-0.2, 0) is 4.79 Å². The Morgan fingerprint density at radius 3 is 2.62 bits per heavy atom. The molecule has 2 aliphatic rings. The smallest absolute Gasteiger partial charge is 0.230 e. The van der Waals surface area contributed by atoms with Gasteiger partial charge < -0.3 is 15.3 Å². The van der Waals surface area contributed by atoms with E-state index in [2.05, 4.69) is 12.2 Å². The average molecular weight is 296 g/mol. The molecule has 0 radical (unpaired) electrons. The van der Waals surface area contributed by atoms with Crippen LogP contribution in [0, 0.1) is 5.41 Å². The summed E-state index contributed by atoms with van der Waals surface area (Å²) in [5.74, 6) is 0.303. The molecule has 1 atom stereocenters. The van der Waals surface area contributed by atoms with E-state index in [-0.39, 0.29) is 12.0 Å². The molecule has 0 aromatic carbocycles. The van der Waals surface area contributed by atoms with Crippen LogP contribution in [0.5, 0.6) is 0 Å². The highest BCUT2D eigenvalue weighted by Gasteiger charge is 2.42. The molecule has 4 heteroatoms. The van der Waals surface area contributed by atoms with Crippen LogP contribution in [0.15, 0.2) is 0 Å². The van der Waals surface area contributed by atoms with Gasteiger partial charge in [-0.05, 0) is 38.6 Å². The summed E-state index contributed by atoms with van der Waals surface area (Å²) in [7, 11) is 0. The highest BCUT2D eigenvalue weighted by atomic mass is 16.3. The molecule has 0 aromatic heterocycles. The number of rotatable bonds is 6. The van der Waals surface area contributed by atoms with Gasteiger partial charge in [-0.1, -0.05) is 32.6 Å². The minimum absolute atomic E-state index is 0.0812. The first-order chi connectivity index (χ1) is 10.2. The zero-order valence-corrected chi connectivity index (χ0v) is 13.6. The van der Waals surface area contributed by atoms with Crippen LogP contribution >= 0.6 is 0 Å². The van der Waals surface area contributed by atoms with Crippen molar-refractivity contribution in [3.63, 3.8) is 0 Å². The summed E-state index contributed by atoms with van der Waals surface area (Å²) in [4.78, 5) is 15.3. The SMILES string of the molecule is CCCC1(C(=O)N(CCO)C2CCCCC2)CCCNC1. The van der Waals surface area contributed by atoms with E-state index in [0.29, 0.717) is 18.5 Å². The van der Waals surface area contributed by atoms with E-state index in [4.69, 9.17) is 0 Å². The molecule has 122 valence electrons. The van der Waals surface area contributed by atoms with Gasteiger partial charge in [0, 0.05) is 19.1 Å². The predicted molar refractivity (Wildman–Crippen MR) is 85.1 cm³/mol. The summed E-state index contributed by atoms with van der Waals surface area (Å²) >= 11 is 0. The first kappa shape index (κ1) is 16.8. The Morgan fingerprint density at radius 1 is 1.29 bits per heavy atom. The largest absolute Gasteiger partial charge is 0.395 e. The van der Waals surface area contributed by atoms with Crippen molar-refractivity contribution in [2.24, 2.45) is 5.41 Å². The van der Waals surface area contributed by atoms with Gasteiger partial charge in [-0.2, -0.15) is 0 Å². The number of carbonyl (C=O) groups excluding carboxylic acids is 1. The van der Waals surface area contributed by atoms with Crippen LogP contribution in [0.2, 0.25) is 0 Å². The molecule has 0 bridgehead atoms. The van der Waals surface area contributed by atoms with Crippen molar-refractivity contribution < 1.29 is 9.90 Å². The van der Waals surface area contributed by atoms with E-state index in [9.17, 15) is 9.90 Å². The molecule has 1 aliphatic heterocycles. The Morgan fingerprint density at radius 2 is 2.05 bits per heavy atom. The zero-order valence-electron chi connectivity index (χ0n) is 13.6. The van der Waals surface area contributed by atoms with Gasteiger partial charge >= 0.3 is 0 Å². The normalized spacial score (nSPS) is 27.5. The van der Waals surface area contributed by atoms with E-state index in [1.165, 1.54) is 19.3 Å². The van der Waals surface area contributed by atoms with Crippen molar-refractivity contribution in [2.45, 2.75) is 70.8 Å². The van der Waals surface area contributed by atoms with Crippen molar-refractivity contribution in [3.8, 4) is 0 Å². The third kappa shape index (κ3) is 3.98. The number of aliphatic hydroxyl groups is 1. The van der Waals surface area contributed by atoms with Crippen molar-refractivity contribution in [1.82, 2.24) is 10.2 Å². The van der Waals surface area contributed by atoms with Gasteiger partial charge in [0.15, 0.2) is 0 Å². The van der Waals surface area contributed by atoms with E-state index in [0.717, 1.165) is 51.6 Å². The molecule has 21 heavy (non-hydrogen) atoms. The van der Waals surface area contributed by atoms with Crippen LogP contribution in [0.25, 0.3) is 0 Å². The third-order valence-corrected chi connectivity index (χ3v) is 5.27. The lowest BCUT2D eigenvalue weighted by molar-refractivity contribution is -0.147. The molecule has 2 rings (SSSR count). The minimum atomic E-state index is -0.223. The number of aliphatic hydroxyl groups excluding tert-OH is 1. The lowest BCUT2D eigenvalue weighted by Crippen LogP contribution is -2.55. The fraction of sp³-hybridized carbons (Fsp3) is 0.941. The second-order valence-corrected chi connectivity index (χ2v) is 6.82. The van der Waals surface area contributed by atoms with Crippen LogP contribution in [0.4, 0.5) is 0 Å². The number of carbonyl (C=O) groups is 1. The summed E-state index contributed by atoms with van der Waals surface area (Å²) < 4.78 is 0. The quantitative estimate of drug-likeness (QED) is 0.791. The van der Waals surface area contributed by atoms with Gasteiger partial charge in [0.05, 0.1) is 12.0 Å². The van der Waals surface area contributed by atoms with Crippen molar-refractivity contribution in [2.75, 3.05) is 26.2 Å². The highest BCUT2D eigenvalue weighted by Crippen LogP contribution is 2.36. The van der Waals surface area contributed by atoms with E-state index < -0.39 is 0 Å². The molecule has 0 spiro atoms. The molecule has 0 aromatic rings. The maximum absolute atomic E-state index is 13.3. The van der Waals surface area contributed by atoms with Gasteiger partial charge in [0.1, 0.15) is 0 Å². The lowest BCUT2D eigenvalue weighted by Gasteiger charge is -2.43. The minimum Gasteiger partial charge on any atom is -0.395 e. The van der Waals surface area contributed by atoms with Crippen molar-refractivity contribution in [1.29, 1.82) is 0 Å². The standard InChI is InChI=1S/C17H32N2O2/c1-2-9-17(10-6-11-18-14-17)16(21)19(12-13-20)15-7-4-3-5-8-15/h15,18,20H,2-14H2,1H3. The Bertz CT molecular complexity index is 315. The summed E-state index contributed by atoms with van der Waals surface area (Å²) in [6.45, 7) is 4.60. The van der Waals surface area contributed by atoms with Crippen LogP contribution in [0.3, 0.4) is 0 Å². The topological polar surface area (TPSA) is 52.6 Å². The number of nitrogens with zero attached hydrogens (tertiary/aromatic N) is 1. The molecule has 1 heterocycles. The fourth-order valence-electron chi connectivity index (χ4n) is 4.20. The van der Waals surface area contributed by atoms with Crippen LogP contribution < -0.4 is 5.32 Å². The molecule has 1 aliphatic carbocycles. The average Bonchev–Trinajstić information content (AvgIpc) is 2.54. The first-order valence-corrected chi connectivity index (χ1v) is 8.86. The Balaban J connectivity index is 2.13.